The molecule has 6 heteroatoms. The molecule has 16 heavy (non-hydrogen) atoms. The Labute approximate surface area is 120 Å². The first-order valence-electron chi connectivity index (χ1n) is 4.61. The number of halogens is 3. The summed E-state index contributed by atoms with van der Waals surface area (Å²) in [4.78, 5) is 0. The first kappa shape index (κ1) is 14.4. The van der Waals surface area contributed by atoms with Crippen molar-refractivity contribution in [2.24, 2.45) is 0 Å². The summed E-state index contributed by atoms with van der Waals surface area (Å²) >= 11 is 10.2. The van der Waals surface area contributed by atoms with Crippen LogP contribution in [0.2, 0.25) is 0 Å². The lowest BCUT2D eigenvalue weighted by molar-refractivity contribution is 0.0702. The molecule has 0 aliphatic heterocycles. The molecule has 0 spiro atoms. The van der Waals surface area contributed by atoms with Gasteiger partial charge in [-0.2, -0.15) is 0 Å². The van der Waals surface area contributed by atoms with E-state index in [9.17, 15) is 0 Å². The second kappa shape index (κ2) is 7.66. The molecule has 0 saturated carbocycles. The summed E-state index contributed by atoms with van der Waals surface area (Å²) in [6.07, 6.45) is 0. The molecule has 3 nitrogen and oxygen atoms in total. The quantitative estimate of drug-likeness (QED) is 0.720. The van der Waals surface area contributed by atoms with E-state index in [1.807, 2.05) is 12.1 Å². The van der Waals surface area contributed by atoms with Gasteiger partial charge in [0, 0.05) is 4.47 Å². The summed E-state index contributed by atoms with van der Waals surface area (Å²) in [5, 5.41) is 8.52. The van der Waals surface area contributed by atoms with Crippen molar-refractivity contribution in [3.63, 3.8) is 0 Å². The van der Waals surface area contributed by atoms with Crippen LogP contribution in [0.25, 0.3) is 0 Å². The number of ether oxygens (including phenoxy) is 2. The summed E-state index contributed by atoms with van der Waals surface area (Å²) in [5.74, 6) is 0.746. The Morgan fingerprint density at radius 1 is 1.00 bits per heavy atom. The molecule has 0 saturated heterocycles. The second-order valence-corrected chi connectivity index (χ2v) is 5.51. The standard InChI is InChI=1S/C10H11Br3O3/c11-7-5-8(12)10(9(13)6-7)16-4-3-15-2-1-14/h5-6,14H,1-4H2. The normalized spacial score (nSPS) is 10.5. The number of hydrogen-bond donors (Lipinski definition) is 1. The van der Waals surface area contributed by atoms with Crippen molar-refractivity contribution in [1.29, 1.82) is 0 Å². The topological polar surface area (TPSA) is 38.7 Å². The van der Waals surface area contributed by atoms with Crippen molar-refractivity contribution in [3.05, 3.63) is 25.6 Å². The molecule has 0 aliphatic rings. The lowest BCUT2D eigenvalue weighted by Crippen LogP contribution is -2.09. The Morgan fingerprint density at radius 2 is 1.62 bits per heavy atom. The van der Waals surface area contributed by atoms with E-state index in [4.69, 9.17) is 14.6 Å². The highest BCUT2D eigenvalue weighted by atomic mass is 79.9. The van der Waals surface area contributed by atoms with Crippen LogP contribution in [0, 0.1) is 0 Å². The van der Waals surface area contributed by atoms with Gasteiger partial charge in [-0.1, -0.05) is 15.9 Å². The van der Waals surface area contributed by atoms with Gasteiger partial charge in [0.25, 0.3) is 0 Å². The fourth-order valence-electron chi connectivity index (χ4n) is 1.04. The molecule has 0 amide bonds. The van der Waals surface area contributed by atoms with E-state index in [0.717, 1.165) is 19.2 Å². The van der Waals surface area contributed by atoms with Gasteiger partial charge in [-0.25, -0.2) is 0 Å². The minimum absolute atomic E-state index is 0.0334. The summed E-state index contributed by atoms with van der Waals surface area (Å²) < 4.78 is 13.4. The number of hydrogen-bond acceptors (Lipinski definition) is 3. The smallest absolute Gasteiger partial charge is 0.147 e. The van der Waals surface area contributed by atoms with Crippen LogP contribution < -0.4 is 4.74 Å². The van der Waals surface area contributed by atoms with E-state index in [1.54, 1.807) is 0 Å². The monoisotopic (exact) mass is 416 g/mol. The molecular formula is C10H11Br3O3. The van der Waals surface area contributed by atoms with Gasteiger partial charge in [-0.15, -0.1) is 0 Å². The van der Waals surface area contributed by atoms with Gasteiger partial charge in [-0.3, -0.25) is 0 Å². The van der Waals surface area contributed by atoms with Gasteiger partial charge in [0.2, 0.25) is 0 Å². The molecule has 1 aromatic carbocycles. The average molecular weight is 419 g/mol. The van der Waals surface area contributed by atoms with Gasteiger partial charge < -0.3 is 14.6 Å². The van der Waals surface area contributed by atoms with Crippen LogP contribution in [0.15, 0.2) is 25.6 Å². The number of aliphatic hydroxyl groups is 1. The lowest BCUT2D eigenvalue weighted by Gasteiger charge is -2.10. The summed E-state index contributed by atoms with van der Waals surface area (Å²) in [5.41, 5.74) is 0. The zero-order chi connectivity index (χ0) is 12.0. The maximum Gasteiger partial charge on any atom is 0.147 e. The minimum atomic E-state index is 0.0334. The molecule has 1 rings (SSSR count). The van der Waals surface area contributed by atoms with Crippen LogP contribution in [0.5, 0.6) is 5.75 Å². The summed E-state index contributed by atoms with van der Waals surface area (Å²) in [6.45, 7) is 1.27. The van der Waals surface area contributed by atoms with Gasteiger partial charge >= 0.3 is 0 Å². The van der Waals surface area contributed by atoms with Gasteiger partial charge in [0.05, 0.1) is 28.8 Å². The Hall–Kier alpha value is 0.380. The van der Waals surface area contributed by atoms with E-state index >= 15 is 0 Å². The maximum atomic E-state index is 8.52. The van der Waals surface area contributed by atoms with Crippen LogP contribution in [0.4, 0.5) is 0 Å². The molecule has 0 aromatic heterocycles. The Morgan fingerprint density at radius 3 is 2.19 bits per heavy atom. The van der Waals surface area contributed by atoms with Gasteiger partial charge in [-0.05, 0) is 44.0 Å². The number of rotatable bonds is 6. The minimum Gasteiger partial charge on any atom is -0.489 e. The molecule has 0 radical (unpaired) electrons. The van der Waals surface area contributed by atoms with E-state index < -0.39 is 0 Å². The van der Waals surface area contributed by atoms with Crippen molar-refractivity contribution in [2.45, 2.75) is 0 Å². The highest BCUT2D eigenvalue weighted by Crippen LogP contribution is 2.36. The lowest BCUT2D eigenvalue weighted by atomic mass is 10.3. The Bertz CT molecular complexity index is 321. The predicted molar refractivity (Wildman–Crippen MR) is 72.9 cm³/mol. The van der Waals surface area contributed by atoms with Crippen LogP contribution >= 0.6 is 47.8 Å². The molecule has 1 aromatic rings. The molecule has 90 valence electrons. The van der Waals surface area contributed by atoms with Crippen molar-refractivity contribution >= 4 is 47.8 Å². The van der Waals surface area contributed by atoms with Crippen molar-refractivity contribution in [2.75, 3.05) is 26.4 Å². The highest BCUT2D eigenvalue weighted by Gasteiger charge is 2.07. The van der Waals surface area contributed by atoms with Crippen molar-refractivity contribution in [1.82, 2.24) is 0 Å². The van der Waals surface area contributed by atoms with Gasteiger partial charge in [0.1, 0.15) is 12.4 Å². The summed E-state index contributed by atoms with van der Waals surface area (Å²) in [7, 11) is 0. The third-order valence-corrected chi connectivity index (χ3v) is 3.31. The molecule has 1 N–H and O–H groups in total. The van der Waals surface area contributed by atoms with E-state index in [0.29, 0.717) is 19.8 Å². The number of aliphatic hydroxyl groups excluding tert-OH is 1. The second-order valence-electron chi connectivity index (χ2n) is 2.88. The van der Waals surface area contributed by atoms with Crippen molar-refractivity contribution in [3.8, 4) is 5.75 Å². The van der Waals surface area contributed by atoms with Crippen LogP contribution in [-0.4, -0.2) is 31.5 Å². The van der Waals surface area contributed by atoms with Crippen LogP contribution in [-0.2, 0) is 4.74 Å². The van der Waals surface area contributed by atoms with E-state index in [-0.39, 0.29) is 6.61 Å². The third-order valence-electron chi connectivity index (χ3n) is 1.67. The van der Waals surface area contributed by atoms with E-state index in [2.05, 4.69) is 47.8 Å². The zero-order valence-electron chi connectivity index (χ0n) is 8.38. The maximum absolute atomic E-state index is 8.52. The highest BCUT2D eigenvalue weighted by molar-refractivity contribution is 9.11. The molecule has 0 aliphatic carbocycles. The van der Waals surface area contributed by atoms with Crippen molar-refractivity contribution < 1.29 is 14.6 Å². The zero-order valence-corrected chi connectivity index (χ0v) is 13.1. The largest absolute Gasteiger partial charge is 0.489 e. The first-order valence-corrected chi connectivity index (χ1v) is 6.99. The molecule has 0 bridgehead atoms. The van der Waals surface area contributed by atoms with Gasteiger partial charge in [0.15, 0.2) is 0 Å². The average Bonchev–Trinajstić information content (AvgIpc) is 2.20. The van der Waals surface area contributed by atoms with Crippen LogP contribution in [0.1, 0.15) is 0 Å². The Kier molecular flexibility index (Phi) is 6.91. The summed E-state index contributed by atoms with van der Waals surface area (Å²) in [6, 6.07) is 3.82. The number of benzene rings is 1. The van der Waals surface area contributed by atoms with E-state index in [1.165, 1.54) is 0 Å². The molecule has 0 atom stereocenters. The molecule has 0 heterocycles. The Balaban J connectivity index is 2.47. The molecule has 0 fully saturated rings. The molecule has 0 unspecified atom stereocenters. The third kappa shape index (κ3) is 4.71. The fraction of sp³-hybridized carbons (Fsp3) is 0.400. The first-order chi connectivity index (χ1) is 7.65. The SMILES string of the molecule is OCCOCCOc1c(Br)cc(Br)cc1Br. The molecular weight excluding hydrogens is 408 g/mol. The predicted octanol–water partition coefficient (Wildman–Crippen LogP) is 3.36. The fourth-order valence-corrected chi connectivity index (χ4v) is 3.52. The van der Waals surface area contributed by atoms with Crippen LogP contribution in [0.3, 0.4) is 0 Å².